The lowest BCUT2D eigenvalue weighted by Gasteiger charge is -2.12. The summed E-state index contributed by atoms with van der Waals surface area (Å²) in [7, 11) is 1.45. The molecule has 0 aliphatic heterocycles. The summed E-state index contributed by atoms with van der Waals surface area (Å²) in [5.74, 6) is -1.03. The molecule has 0 bridgehead atoms. The minimum atomic E-state index is -0.640. The Morgan fingerprint density at radius 1 is 1.04 bits per heavy atom. The fourth-order valence-corrected chi connectivity index (χ4v) is 2.11. The van der Waals surface area contributed by atoms with Crippen LogP contribution in [-0.4, -0.2) is 31.5 Å². The largest absolute Gasteiger partial charge is 0.495 e. The van der Waals surface area contributed by atoms with Crippen LogP contribution in [0.15, 0.2) is 42.5 Å². The molecule has 0 aromatic heterocycles. The van der Waals surface area contributed by atoms with Crippen molar-refractivity contribution in [2.75, 3.05) is 30.1 Å². The van der Waals surface area contributed by atoms with Crippen molar-refractivity contribution < 1.29 is 23.9 Å². The zero-order chi connectivity index (χ0) is 19.1. The van der Waals surface area contributed by atoms with E-state index < -0.39 is 18.5 Å². The predicted molar refractivity (Wildman–Crippen MR) is 97.1 cm³/mol. The Labute approximate surface area is 150 Å². The third kappa shape index (κ3) is 5.23. The van der Waals surface area contributed by atoms with Gasteiger partial charge in [-0.3, -0.25) is 9.59 Å². The summed E-state index contributed by atoms with van der Waals surface area (Å²) in [6.07, 6.45) is 0. The van der Waals surface area contributed by atoms with Gasteiger partial charge in [-0.05, 0) is 42.5 Å². The molecule has 0 spiro atoms. The second-order valence-corrected chi connectivity index (χ2v) is 5.34. The van der Waals surface area contributed by atoms with E-state index in [2.05, 4.69) is 10.6 Å². The number of nitrogen functional groups attached to an aromatic ring is 1. The third-order valence-corrected chi connectivity index (χ3v) is 3.27. The average molecular weight is 357 g/mol. The summed E-state index contributed by atoms with van der Waals surface area (Å²) in [4.78, 5) is 35.1. The Hall–Kier alpha value is -3.55. The fourth-order valence-electron chi connectivity index (χ4n) is 2.11. The second-order valence-electron chi connectivity index (χ2n) is 5.34. The van der Waals surface area contributed by atoms with Crippen LogP contribution in [0.2, 0.25) is 0 Å². The number of hydrogen-bond acceptors (Lipinski definition) is 6. The molecule has 8 nitrogen and oxygen atoms in total. The lowest BCUT2D eigenvalue weighted by Crippen LogP contribution is -2.21. The molecule has 0 aliphatic carbocycles. The van der Waals surface area contributed by atoms with Crippen LogP contribution in [0.5, 0.6) is 5.75 Å². The van der Waals surface area contributed by atoms with Gasteiger partial charge in [-0.2, -0.15) is 0 Å². The lowest BCUT2D eigenvalue weighted by atomic mass is 10.2. The van der Waals surface area contributed by atoms with Crippen LogP contribution < -0.4 is 21.1 Å². The van der Waals surface area contributed by atoms with E-state index in [1.165, 1.54) is 26.2 Å². The zero-order valence-electron chi connectivity index (χ0n) is 14.4. The smallest absolute Gasteiger partial charge is 0.338 e. The monoisotopic (exact) mass is 357 g/mol. The van der Waals surface area contributed by atoms with Gasteiger partial charge in [0.25, 0.3) is 5.91 Å². The van der Waals surface area contributed by atoms with Crippen LogP contribution in [0.25, 0.3) is 0 Å². The molecular weight excluding hydrogens is 338 g/mol. The first kappa shape index (κ1) is 18.8. The summed E-state index contributed by atoms with van der Waals surface area (Å²) >= 11 is 0. The van der Waals surface area contributed by atoms with Gasteiger partial charge in [-0.15, -0.1) is 0 Å². The van der Waals surface area contributed by atoms with Gasteiger partial charge in [0.15, 0.2) is 6.61 Å². The van der Waals surface area contributed by atoms with Gasteiger partial charge >= 0.3 is 5.97 Å². The van der Waals surface area contributed by atoms with E-state index in [9.17, 15) is 14.4 Å². The van der Waals surface area contributed by atoms with Crippen molar-refractivity contribution in [3.63, 3.8) is 0 Å². The first-order chi connectivity index (χ1) is 12.4. The molecule has 4 N–H and O–H groups in total. The van der Waals surface area contributed by atoms with E-state index in [0.717, 1.165) is 0 Å². The normalized spacial score (nSPS) is 9.92. The number of nitrogens with two attached hydrogens (primary N) is 1. The highest BCUT2D eigenvalue weighted by molar-refractivity contribution is 5.97. The number of ether oxygens (including phenoxy) is 2. The Morgan fingerprint density at radius 2 is 1.73 bits per heavy atom. The fraction of sp³-hybridized carbons (Fsp3) is 0.167. The number of methoxy groups -OCH3 is 1. The van der Waals surface area contributed by atoms with Crippen LogP contribution >= 0.6 is 0 Å². The van der Waals surface area contributed by atoms with E-state index in [-0.39, 0.29) is 11.5 Å². The van der Waals surface area contributed by atoms with E-state index in [1.54, 1.807) is 30.3 Å². The van der Waals surface area contributed by atoms with E-state index in [4.69, 9.17) is 15.2 Å². The van der Waals surface area contributed by atoms with Gasteiger partial charge in [0.2, 0.25) is 5.91 Å². The number of hydrogen-bond donors (Lipinski definition) is 3. The highest BCUT2D eigenvalue weighted by atomic mass is 16.5. The van der Waals surface area contributed by atoms with Crippen LogP contribution in [-0.2, 0) is 14.3 Å². The SMILES string of the molecule is COc1ccc(NC(C)=O)cc1NC(=O)COC(=O)c1ccc(N)cc1. The van der Waals surface area contributed by atoms with Crippen molar-refractivity contribution >= 4 is 34.8 Å². The van der Waals surface area contributed by atoms with Crippen molar-refractivity contribution in [1.29, 1.82) is 0 Å². The molecule has 0 fully saturated rings. The quantitative estimate of drug-likeness (QED) is 0.537. The van der Waals surface area contributed by atoms with Gasteiger partial charge in [-0.25, -0.2) is 4.79 Å². The average Bonchev–Trinajstić information content (AvgIpc) is 2.60. The van der Waals surface area contributed by atoms with Crippen LogP contribution in [0, 0.1) is 0 Å². The summed E-state index contributed by atoms with van der Waals surface area (Å²) < 4.78 is 10.1. The van der Waals surface area contributed by atoms with Crippen LogP contribution in [0.3, 0.4) is 0 Å². The van der Waals surface area contributed by atoms with Crippen molar-refractivity contribution in [3.05, 3.63) is 48.0 Å². The maximum Gasteiger partial charge on any atom is 0.338 e. The first-order valence-electron chi connectivity index (χ1n) is 7.67. The summed E-state index contributed by atoms with van der Waals surface area (Å²) in [5.41, 5.74) is 7.19. The molecule has 0 saturated heterocycles. The van der Waals surface area contributed by atoms with Gasteiger partial charge in [0.05, 0.1) is 18.4 Å². The third-order valence-electron chi connectivity index (χ3n) is 3.27. The van der Waals surface area contributed by atoms with Crippen LogP contribution in [0.1, 0.15) is 17.3 Å². The van der Waals surface area contributed by atoms with Gasteiger partial charge in [-0.1, -0.05) is 0 Å². The molecule has 0 aliphatic rings. The molecule has 136 valence electrons. The molecular formula is C18H19N3O5. The lowest BCUT2D eigenvalue weighted by molar-refractivity contribution is -0.119. The highest BCUT2D eigenvalue weighted by Crippen LogP contribution is 2.27. The standard InChI is InChI=1S/C18H19N3O5/c1-11(22)20-14-7-8-16(25-2)15(9-14)21-17(23)10-26-18(24)12-3-5-13(19)6-4-12/h3-9H,10,19H2,1-2H3,(H,20,22)(H,21,23). The van der Waals surface area contributed by atoms with Crippen molar-refractivity contribution in [2.24, 2.45) is 0 Å². The van der Waals surface area contributed by atoms with E-state index >= 15 is 0 Å². The number of anilines is 3. The molecule has 2 rings (SSSR count). The Balaban J connectivity index is 1.99. The van der Waals surface area contributed by atoms with Crippen molar-refractivity contribution in [1.82, 2.24) is 0 Å². The number of carbonyl (C=O) groups excluding carboxylic acids is 3. The Kier molecular flexibility index (Phi) is 6.15. The van der Waals surface area contributed by atoms with Crippen molar-refractivity contribution in [2.45, 2.75) is 6.92 Å². The molecule has 0 heterocycles. The number of amides is 2. The zero-order valence-corrected chi connectivity index (χ0v) is 14.4. The molecule has 2 amide bonds. The van der Waals surface area contributed by atoms with Gasteiger partial charge < -0.3 is 25.8 Å². The topological polar surface area (TPSA) is 120 Å². The molecule has 26 heavy (non-hydrogen) atoms. The summed E-state index contributed by atoms with van der Waals surface area (Å²) in [6, 6.07) is 10.9. The molecule has 2 aromatic rings. The van der Waals surface area contributed by atoms with E-state index in [0.29, 0.717) is 22.8 Å². The number of rotatable bonds is 6. The van der Waals surface area contributed by atoms with Gasteiger partial charge in [0.1, 0.15) is 5.75 Å². The number of benzene rings is 2. The van der Waals surface area contributed by atoms with Gasteiger partial charge in [0, 0.05) is 18.3 Å². The first-order valence-corrected chi connectivity index (χ1v) is 7.67. The predicted octanol–water partition coefficient (Wildman–Crippen LogP) is 2.03. The van der Waals surface area contributed by atoms with Crippen molar-refractivity contribution in [3.8, 4) is 5.75 Å². The number of carbonyl (C=O) groups is 3. The molecule has 8 heteroatoms. The summed E-state index contributed by atoms with van der Waals surface area (Å²) in [5, 5.41) is 5.18. The summed E-state index contributed by atoms with van der Waals surface area (Å²) in [6.45, 7) is 0.899. The number of esters is 1. The minimum Gasteiger partial charge on any atom is -0.495 e. The molecule has 2 aromatic carbocycles. The second kappa shape index (κ2) is 8.52. The maximum absolute atomic E-state index is 12.1. The molecule has 0 radical (unpaired) electrons. The highest BCUT2D eigenvalue weighted by Gasteiger charge is 2.13. The Morgan fingerprint density at radius 3 is 2.35 bits per heavy atom. The molecule has 0 atom stereocenters. The number of nitrogens with one attached hydrogen (secondary N) is 2. The molecule has 0 unspecified atom stereocenters. The maximum atomic E-state index is 12.1. The van der Waals surface area contributed by atoms with E-state index in [1.807, 2.05) is 0 Å². The Bertz CT molecular complexity index is 818. The van der Waals surface area contributed by atoms with Crippen LogP contribution in [0.4, 0.5) is 17.1 Å². The minimum absolute atomic E-state index is 0.245. The molecule has 0 saturated carbocycles.